The summed E-state index contributed by atoms with van der Waals surface area (Å²) < 4.78 is 5.54. The quantitative estimate of drug-likeness (QED) is 0.639. The lowest BCUT2D eigenvalue weighted by molar-refractivity contribution is 0.360. The van der Waals surface area contributed by atoms with Gasteiger partial charge in [0.1, 0.15) is 12.4 Å². The van der Waals surface area contributed by atoms with Gasteiger partial charge in [-0.25, -0.2) is 0 Å². The first-order valence-corrected chi connectivity index (χ1v) is 4.81. The van der Waals surface area contributed by atoms with Gasteiger partial charge < -0.3 is 4.74 Å². The maximum Gasteiger partial charge on any atom is 0.119 e. The van der Waals surface area contributed by atoms with Crippen LogP contribution in [0, 0.1) is 0 Å². The lowest BCUT2D eigenvalue weighted by Gasteiger charge is -2.15. The van der Waals surface area contributed by atoms with Crippen LogP contribution in [0.15, 0.2) is 42.0 Å². The van der Waals surface area contributed by atoms with Crippen LogP contribution in [0.25, 0.3) is 0 Å². The van der Waals surface area contributed by atoms with Gasteiger partial charge in [0.05, 0.1) is 0 Å². The first-order chi connectivity index (χ1) is 6.45. The molecular formula is C12H14O. The molecule has 1 aliphatic rings. The summed E-state index contributed by atoms with van der Waals surface area (Å²) in [6.07, 6.45) is 6.12. The molecule has 1 saturated carbocycles. The second-order valence-electron chi connectivity index (χ2n) is 3.34. The first kappa shape index (κ1) is 8.36. The summed E-state index contributed by atoms with van der Waals surface area (Å²) in [5.41, 5.74) is 1.55. The van der Waals surface area contributed by atoms with E-state index in [2.05, 4.69) is 6.08 Å². The van der Waals surface area contributed by atoms with Crippen molar-refractivity contribution in [2.45, 2.75) is 19.3 Å². The summed E-state index contributed by atoms with van der Waals surface area (Å²) >= 11 is 0. The third-order valence-corrected chi connectivity index (χ3v) is 2.36. The minimum Gasteiger partial charge on any atom is -0.490 e. The Kier molecular flexibility index (Phi) is 2.65. The summed E-state index contributed by atoms with van der Waals surface area (Å²) in [5, 5.41) is 0. The van der Waals surface area contributed by atoms with Crippen molar-refractivity contribution >= 4 is 0 Å². The molecule has 0 N–H and O–H groups in total. The van der Waals surface area contributed by atoms with Gasteiger partial charge in [-0.1, -0.05) is 23.8 Å². The van der Waals surface area contributed by atoms with Crippen molar-refractivity contribution < 1.29 is 4.74 Å². The van der Waals surface area contributed by atoms with Crippen LogP contribution in [0.1, 0.15) is 19.3 Å². The highest BCUT2D eigenvalue weighted by atomic mass is 16.5. The molecule has 1 aromatic rings. The molecule has 0 amide bonds. The predicted octanol–water partition coefficient (Wildman–Crippen LogP) is 3.18. The summed E-state index contributed by atoms with van der Waals surface area (Å²) in [7, 11) is 0. The molecular weight excluding hydrogens is 160 g/mol. The van der Waals surface area contributed by atoms with Crippen LogP contribution in [-0.4, -0.2) is 6.61 Å². The van der Waals surface area contributed by atoms with Crippen molar-refractivity contribution in [3.63, 3.8) is 0 Å². The molecule has 0 aromatic heterocycles. The minimum atomic E-state index is 0.722. The Labute approximate surface area is 79.0 Å². The molecule has 0 spiro atoms. The average Bonchev–Trinajstić information content (AvgIpc) is 2.11. The fraction of sp³-hybridized carbons (Fsp3) is 0.333. The van der Waals surface area contributed by atoms with Crippen LogP contribution in [0.5, 0.6) is 5.75 Å². The third kappa shape index (κ3) is 2.35. The van der Waals surface area contributed by atoms with Crippen LogP contribution >= 0.6 is 0 Å². The molecule has 1 fully saturated rings. The van der Waals surface area contributed by atoms with E-state index in [1.807, 2.05) is 30.3 Å². The number of para-hydroxylation sites is 1. The molecule has 0 heterocycles. The molecule has 1 aliphatic carbocycles. The van der Waals surface area contributed by atoms with Gasteiger partial charge in [-0.2, -0.15) is 0 Å². The number of hydrogen-bond acceptors (Lipinski definition) is 1. The fourth-order valence-electron chi connectivity index (χ4n) is 1.36. The number of benzene rings is 1. The summed E-state index contributed by atoms with van der Waals surface area (Å²) in [6.45, 7) is 0.722. The number of hydrogen-bond donors (Lipinski definition) is 0. The van der Waals surface area contributed by atoms with E-state index < -0.39 is 0 Å². The monoisotopic (exact) mass is 174 g/mol. The van der Waals surface area contributed by atoms with E-state index in [0.29, 0.717) is 0 Å². The molecule has 0 saturated heterocycles. The number of ether oxygens (including phenoxy) is 1. The highest BCUT2D eigenvalue weighted by Crippen LogP contribution is 2.24. The Bertz CT molecular complexity index is 281. The van der Waals surface area contributed by atoms with Crippen molar-refractivity contribution in [1.29, 1.82) is 0 Å². The normalized spacial score (nSPS) is 14.9. The molecule has 13 heavy (non-hydrogen) atoms. The summed E-state index contributed by atoms with van der Waals surface area (Å²) in [5.74, 6) is 0.957. The molecule has 1 heteroatoms. The maximum absolute atomic E-state index is 5.54. The standard InChI is InChI=1S/C12H14O/c1-2-7-12(8-3-1)13-10-9-11-5-4-6-11/h1-3,7-9H,4-6,10H2. The molecule has 0 atom stereocenters. The number of allylic oxidation sites excluding steroid dienone is 1. The Morgan fingerprint density at radius 2 is 1.92 bits per heavy atom. The van der Waals surface area contributed by atoms with Crippen molar-refractivity contribution in [3.8, 4) is 5.75 Å². The van der Waals surface area contributed by atoms with E-state index in [0.717, 1.165) is 12.4 Å². The van der Waals surface area contributed by atoms with Crippen LogP contribution in [0.2, 0.25) is 0 Å². The van der Waals surface area contributed by atoms with Crippen molar-refractivity contribution in [3.05, 3.63) is 42.0 Å². The lowest BCUT2D eigenvalue weighted by Crippen LogP contribution is -2.01. The van der Waals surface area contributed by atoms with E-state index in [9.17, 15) is 0 Å². The first-order valence-electron chi connectivity index (χ1n) is 4.81. The van der Waals surface area contributed by atoms with Gasteiger partial charge in [0.15, 0.2) is 0 Å². The van der Waals surface area contributed by atoms with Gasteiger partial charge in [-0.15, -0.1) is 0 Å². The smallest absolute Gasteiger partial charge is 0.119 e. The van der Waals surface area contributed by atoms with Gasteiger partial charge in [0.2, 0.25) is 0 Å². The maximum atomic E-state index is 5.54. The zero-order valence-electron chi connectivity index (χ0n) is 7.70. The Morgan fingerprint density at radius 3 is 2.54 bits per heavy atom. The Morgan fingerprint density at radius 1 is 1.15 bits per heavy atom. The van der Waals surface area contributed by atoms with E-state index >= 15 is 0 Å². The number of rotatable bonds is 3. The van der Waals surface area contributed by atoms with Gasteiger partial charge >= 0.3 is 0 Å². The van der Waals surface area contributed by atoms with Gasteiger partial charge in [-0.05, 0) is 37.5 Å². The van der Waals surface area contributed by atoms with Crippen molar-refractivity contribution in [1.82, 2.24) is 0 Å². The van der Waals surface area contributed by atoms with Crippen LogP contribution in [0.3, 0.4) is 0 Å². The average molecular weight is 174 g/mol. The fourth-order valence-corrected chi connectivity index (χ4v) is 1.36. The SMILES string of the molecule is C(COc1ccccc1)=C1CCC1. The zero-order chi connectivity index (χ0) is 8.93. The molecule has 0 aliphatic heterocycles. The highest BCUT2D eigenvalue weighted by Gasteiger charge is 2.06. The predicted molar refractivity (Wildman–Crippen MR) is 53.9 cm³/mol. The molecule has 68 valence electrons. The third-order valence-electron chi connectivity index (χ3n) is 2.36. The van der Waals surface area contributed by atoms with Gasteiger partial charge in [-0.3, -0.25) is 0 Å². The van der Waals surface area contributed by atoms with E-state index in [4.69, 9.17) is 4.74 Å². The zero-order valence-corrected chi connectivity index (χ0v) is 7.70. The summed E-state index contributed by atoms with van der Waals surface area (Å²) in [4.78, 5) is 0. The topological polar surface area (TPSA) is 9.23 Å². The van der Waals surface area contributed by atoms with Crippen LogP contribution < -0.4 is 4.74 Å². The van der Waals surface area contributed by atoms with Crippen molar-refractivity contribution in [2.24, 2.45) is 0 Å². The van der Waals surface area contributed by atoms with E-state index in [1.54, 1.807) is 5.57 Å². The van der Waals surface area contributed by atoms with Crippen LogP contribution in [0.4, 0.5) is 0 Å². The van der Waals surface area contributed by atoms with E-state index in [-0.39, 0.29) is 0 Å². The van der Waals surface area contributed by atoms with Gasteiger partial charge in [0, 0.05) is 0 Å². The minimum absolute atomic E-state index is 0.722. The Hall–Kier alpha value is -1.24. The summed E-state index contributed by atoms with van der Waals surface area (Å²) in [6, 6.07) is 9.95. The second-order valence-corrected chi connectivity index (χ2v) is 3.34. The molecule has 0 radical (unpaired) electrons. The molecule has 1 aromatic carbocycles. The molecule has 0 unspecified atom stereocenters. The second kappa shape index (κ2) is 4.13. The molecule has 2 rings (SSSR count). The largest absolute Gasteiger partial charge is 0.490 e. The van der Waals surface area contributed by atoms with Crippen molar-refractivity contribution in [2.75, 3.05) is 6.61 Å². The van der Waals surface area contributed by atoms with Gasteiger partial charge in [0.25, 0.3) is 0 Å². The molecule has 1 nitrogen and oxygen atoms in total. The highest BCUT2D eigenvalue weighted by molar-refractivity contribution is 5.21. The van der Waals surface area contributed by atoms with Crippen LogP contribution in [-0.2, 0) is 0 Å². The lowest BCUT2D eigenvalue weighted by atomic mass is 9.92. The Balaban J connectivity index is 1.79. The molecule has 0 bridgehead atoms. The van der Waals surface area contributed by atoms with E-state index in [1.165, 1.54) is 19.3 Å².